The Morgan fingerprint density at radius 1 is 0.300 bits per heavy atom. The van der Waals surface area contributed by atoms with Crippen LogP contribution in [0.15, 0.2) is 109 Å². The highest BCUT2D eigenvalue weighted by molar-refractivity contribution is 5.99. The highest BCUT2D eigenvalue weighted by Gasteiger charge is 2.00. The zero-order valence-electron chi connectivity index (χ0n) is 16.4. The molecule has 5 aromatic carbocycles. The van der Waals surface area contributed by atoms with Crippen molar-refractivity contribution in [2.75, 3.05) is 0 Å². The lowest BCUT2D eigenvalue weighted by Crippen LogP contribution is -1.82. The second kappa shape index (κ2) is 8.00. The van der Waals surface area contributed by atoms with Crippen molar-refractivity contribution in [1.29, 1.82) is 0 Å². The van der Waals surface area contributed by atoms with Crippen molar-refractivity contribution in [2.24, 2.45) is 0 Å². The third-order valence-corrected chi connectivity index (χ3v) is 5.05. The second-order valence-corrected chi connectivity index (χ2v) is 7.21. The molecule has 0 unspecified atom stereocenters. The lowest BCUT2D eigenvalue weighted by molar-refractivity contribution is 1.64. The van der Waals surface area contributed by atoms with Gasteiger partial charge in [-0.15, -0.1) is 0 Å². The molecule has 0 fully saturated rings. The molecule has 0 spiro atoms. The lowest BCUT2D eigenvalue weighted by Gasteiger charge is -2.04. The molecule has 5 aromatic rings. The summed E-state index contributed by atoms with van der Waals surface area (Å²) in [6.45, 7) is 0. The average Bonchev–Trinajstić information content (AvgIpc) is 2.81. The smallest absolute Gasteiger partial charge is 0.0255 e. The van der Waals surface area contributed by atoms with E-state index in [-0.39, 0.29) is 0 Å². The van der Waals surface area contributed by atoms with Gasteiger partial charge in [-0.25, -0.2) is 0 Å². The molecule has 0 saturated heterocycles. The Morgan fingerprint density at radius 2 is 0.700 bits per heavy atom. The molecule has 0 aliphatic heterocycles. The summed E-state index contributed by atoms with van der Waals surface area (Å²) in [5.41, 5.74) is 4.10. The van der Waals surface area contributed by atoms with Gasteiger partial charge in [-0.2, -0.15) is 0 Å². The van der Waals surface area contributed by atoms with Gasteiger partial charge in [-0.3, -0.25) is 0 Å². The van der Waals surface area contributed by atoms with Gasteiger partial charge in [0.25, 0.3) is 0 Å². The minimum absolute atomic E-state index is 1.02. The molecule has 0 amide bonds. The van der Waals surface area contributed by atoms with Crippen molar-refractivity contribution >= 4 is 21.5 Å². The van der Waals surface area contributed by atoms with Crippen molar-refractivity contribution < 1.29 is 0 Å². The predicted molar refractivity (Wildman–Crippen MR) is 126 cm³/mol. The molecule has 0 bridgehead atoms. The fourth-order valence-electron chi connectivity index (χ4n) is 3.48. The predicted octanol–water partition coefficient (Wildman–Crippen LogP) is 6.79. The SMILES string of the molecule is C(#Cc1ccc2cc3cc(C#Cc4ccccc4)ccc3cc2c1)c1ccccc1. The quantitative estimate of drug-likeness (QED) is 0.205. The Kier molecular flexibility index (Phi) is 4.75. The molecule has 0 N–H and O–H groups in total. The van der Waals surface area contributed by atoms with Crippen LogP contribution in [0.4, 0.5) is 0 Å². The normalized spacial score (nSPS) is 10.1. The Hall–Kier alpha value is -4.26. The van der Waals surface area contributed by atoms with E-state index < -0.39 is 0 Å². The molecule has 0 saturated carbocycles. The monoisotopic (exact) mass is 378 g/mol. The fourth-order valence-corrected chi connectivity index (χ4v) is 3.48. The zero-order chi connectivity index (χ0) is 20.2. The van der Waals surface area contributed by atoms with Gasteiger partial charge >= 0.3 is 0 Å². The van der Waals surface area contributed by atoms with Crippen LogP contribution in [0, 0.1) is 23.7 Å². The summed E-state index contributed by atoms with van der Waals surface area (Å²) in [4.78, 5) is 0. The molecule has 0 heterocycles. The molecule has 5 rings (SSSR count). The van der Waals surface area contributed by atoms with Crippen molar-refractivity contribution in [1.82, 2.24) is 0 Å². The van der Waals surface area contributed by atoms with E-state index in [1.165, 1.54) is 21.5 Å². The van der Waals surface area contributed by atoms with Crippen LogP contribution in [-0.2, 0) is 0 Å². The summed E-state index contributed by atoms with van der Waals surface area (Å²) in [5.74, 6) is 13.0. The highest BCUT2D eigenvalue weighted by atomic mass is 14.0. The summed E-state index contributed by atoms with van der Waals surface area (Å²) >= 11 is 0. The summed E-state index contributed by atoms with van der Waals surface area (Å²) < 4.78 is 0. The third kappa shape index (κ3) is 3.95. The Labute approximate surface area is 176 Å². The van der Waals surface area contributed by atoms with Crippen LogP contribution < -0.4 is 0 Å². The lowest BCUT2D eigenvalue weighted by atomic mass is 10.00. The van der Waals surface area contributed by atoms with Gasteiger partial charge in [0.05, 0.1) is 0 Å². The van der Waals surface area contributed by atoms with Crippen LogP contribution >= 0.6 is 0 Å². The van der Waals surface area contributed by atoms with E-state index in [0.29, 0.717) is 0 Å². The second-order valence-electron chi connectivity index (χ2n) is 7.21. The molecular weight excluding hydrogens is 360 g/mol. The Balaban J connectivity index is 1.49. The van der Waals surface area contributed by atoms with Gasteiger partial charge in [0, 0.05) is 22.3 Å². The van der Waals surface area contributed by atoms with E-state index in [9.17, 15) is 0 Å². The largest absolute Gasteiger partial charge is 0.0622 e. The molecule has 0 aromatic heterocycles. The number of hydrogen-bond donors (Lipinski definition) is 0. The van der Waals surface area contributed by atoms with Crippen LogP contribution in [0.25, 0.3) is 21.5 Å². The number of hydrogen-bond acceptors (Lipinski definition) is 0. The third-order valence-electron chi connectivity index (χ3n) is 5.05. The number of rotatable bonds is 0. The van der Waals surface area contributed by atoms with E-state index >= 15 is 0 Å². The fraction of sp³-hybridized carbons (Fsp3) is 0. The van der Waals surface area contributed by atoms with Gasteiger partial charge in [0.1, 0.15) is 0 Å². The maximum absolute atomic E-state index is 3.27. The molecule has 30 heavy (non-hydrogen) atoms. The number of fused-ring (bicyclic) bond motifs is 2. The van der Waals surface area contributed by atoms with Gasteiger partial charge in [0.15, 0.2) is 0 Å². The van der Waals surface area contributed by atoms with Crippen molar-refractivity contribution in [3.8, 4) is 23.7 Å². The summed E-state index contributed by atoms with van der Waals surface area (Å²) in [5, 5.41) is 4.82. The first-order chi connectivity index (χ1) is 14.8. The Morgan fingerprint density at radius 3 is 1.13 bits per heavy atom. The van der Waals surface area contributed by atoms with E-state index in [1.807, 2.05) is 60.7 Å². The molecule has 0 aliphatic rings. The standard InChI is InChI=1S/C30H18/c1-3-7-23(8-4-1)11-13-25-15-17-27-22-30-20-26(14-12-24-9-5-2-6-10-24)16-18-28(30)21-29(27)19-25/h1-10,15-22H. The van der Waals surface area contributed by atoms with Crippen LogP contribution in [0.3, 0.4) is 0 Å². The maximum atomic E-state index is 3.27. The first-order valence-electron chi connectivity index (χ1n) is 9.95. The van der Waals surface area contributed by atoms with Crippen LogP contribution in [0.1, 0.15) is 22.3 Å². The molecule has 0 radical (unpaired) electrons. The first kappa shape index (κ1) is 17.8. The van der Waals surface area contributed by atoms with Crippen LogP contribution in [0.2, 0.25) is 0 Å². The van der Waals surface area contributed by atoms with Gasteiger partial charge in [-0.1, -0.05) is 72.2 Å². The van der Waals surface area contributed by atoms with Gasteiger partial charge in [-0.05, 0) is 82.2 Å². The average molecular weight is 378 g/mol. The van der Waals surface area contributed by atoms with Crippen molar-refractivity contribution in [2.45, 2.75) is 0 Å². The van der Waals surface area contributed by atoms with E-state index in [2.05, 4.69) is 72.2 Å². The van der Waals surface area contributed by atoms with Crippen molar-refractivity contribution in [3.05, 3.63) is 131 Å². The molecule has 0 heteroatoms. The minimum atomic E-state index is 1.02. The van der Waals surface area contributed by atoms with E-state index in [4.69, 9.17) is 0 Å². The van der Waals surface area contributed by atoms with E-state index in [0.717, 1.165) is 22.3 Å². The summed E-state index contributed by atoms with van der Waals surface area (Å²) in [6.07, 6.45) is 0. The van der Waals surface area contributed by atoms with E-state index in [1.54, 1.807) is 0 Å². The van der Waals surface area contributed by atoms with Crippen molar-refractivity contribution in [3.63, 3.8) is 0 Å². The maximum Gasteiger partial charge on any atom is 0.0255 e. The number of benzene rings is 5. The summed E-state index contributed by atoms with van der Waals surface area (Å²) in [7, 11) is 0. The first-order valence-corrected chi connectivity index (χ1v) is 9.95. The van der Waals surface area contributed by atoms with Crippen LogP contribution in [-0.4, -0.2) is 0 Å². The highest BCUT2D eigenvalue weighted by Crippen LogP contribution is 2.24. The summed E-state index contributed by atoms with van der Waals surface area (Å²) in [6, 6.07) is 37.4. The van der Waals surface area contributed by atoms with Gasteiger partial charge in [0.2, 0.25) is 0 Å². The minimum Gasteiger partial charge on any atom is -0.0622 e. The van der Waals surface area contributed by atoms with Crippen LogP contribution in [0.5, 0.6) is 0 Å². The molecule has 0 aliphatic carbocycles. The molecule has 138 valence electrons. The zero-order valence-corrected chi connectivity index (χ0v) is 16.4. The molecule has 0 nitrogen and oxygen atoms in total. The Bertz CT molecular complexity index is 1350. The topological polar surface area (TPSA) is 0 Å². The van der Waals surface area contributed by atoms with Gasteiger partial charge < -0.3 is 0 Å². The molecular formula is C30H18. The molecule has 0 atom stereocenters.